The number of halogens is 8. The van der Waals surface area contributed by atoms with Crippen LogP contribution in [0.15, 0.2) is 12.7 Å². The molecule has 0 fully saturated rings. The van der Waals surface area contributed by atoms with Crippen LogP contribution in [-0.2, 0) is 0 Å². The van der Waals surface area contributed by atoms with E-state index in [1.165, 1.54) is 0 Å². The zero-order valence-electron chi connectivity index (χ0n) is 7.09. The van der Waals surface area contributed by atoms with E-state index in [1.54, 1.807) is 0 Å². The number of hydrogen-bond donors (Lipinski definition) is 0. The number of allylic oxidation sites excluding steroid dienone is 1. The maximum atomic E-state index is 12.4. The molecule has 0 heterocycles. The summed E-state index contributed by atoms with van der Waals surface area (Å²) < 4.78 is 96.0. The van der Waals surface area contributed by atoms with E-state index in [-0.39, 0.29) is 0 Å². The van der Waals surface area contributed by atoms with Crippen molar-refractivity contribution in [1.82, 2.24) is 0 Å². The summed E-state index contributed by atoms with van der Waals surface area (Å²) in [5, 5.41) is 0. The summed E-state index contributed by atoms with van der Waals surface area (Å²) in [7, 11) is 0. The molecule has 0 aromatic heterocycles. The first kappa shape index (κ1) is 14.2. The van der Waals surface area contributed by atoms with E-state index in [0.29, 0.717) is 6.08 Å². The van der Waals surface area contributed by atoms with Gasteiger partial charge in [0.1, 0.15) is 0 Å². The van der Waals surface area contributed by atoms with Crippen LogP contribution >= 0.6 is 0 Å². The maximum absolute atomic E-state index is 12.4. The van der Waals surface area contributed by atoms with Crippen molar-refractivity contribution in [1.29, 1.82) is 0 Å². The van der Waals surface area contributed by atoms with Crippen molar-refractivity contribution in [3.63, 3.8) is 0 Å². The fourth-order valence-electron chi connectivity index (χ4n) is 0.705. The van der Waals surface area contributed by atoms with E-state index < -0.39 is 30.6 Å². The second-order valence-electron chi connectivity index (χ2n) is 2.74. The first-order valence-corrected chi connectivity index (χ1v) is 3.54. The molecule has 0 saturated carbocycles. The van der Waals surface area contributed by atoms with Crippen molar-refractivity contribution in [3.8, 4) is 0 Å². The molecule has 0 amide bonds. The summed E-state index contributed by atoms with van der Waals surface area (Å²) in [6.07, 6.45) is -12.2. The molecule has 0 aliphatic heterocycles. The van der Waals surface area contributed by atoms with E-state index in [4.69, 9.17) is 0 Å². The smallest absolute Gasteiger partial charge is 0.234 e. The SMILES string of the molecule is C=CCC(F)(F)C(F)C(F)(F)C(F)(F)F. The Hall–Kier alpha value is -0.820. The summed E-state index contributed by atoms with van der Waals surface area (Å²) in [4.78, 5) is 0. The van der Waals surface area contributed by atoms with Gasteiger partial charge in [0.2, 0.25) is 6.17 Å². The van der Waals surface area contributed by atoms with Gasteiger partial charge in [-0.2, -0.15) is 22.0 Å². The molecule has 0 bridgehead atoms. The Morgan fingerprint density at radius 2 is 1.40 bits per heavy atom. The molecular formula is C7H6F8. The van der Waals surface area contributed by atoms with E-state index in [9.17, 15) is 35.1 Å². The van der Waals surface area contributed by atoms with Gasteiger partial charge in [-0.3, -0.25) is 0 Å². The molecule has 15 heavy (non-hydrogen) atoms. The predicted molar refractivity (Wildman–Crippen MR) is 35.7 cm³/mol. The van der Waals surface area contributed by atoms with Gasteiger partial charge in [0.05, 0.1) is 0 Å². The second-order valence-corrected chi connectivity index (χ2v) is 2.74. The topological polar surface area (TPSA) is 0 Å². The van der Waals surface area contributed by atoms with E-state index in [2.05, 4.69) is 6.58 Å². The minimum absolute atomic E-state index is 0.360. The minimum atomic E-state index is -6.35. The van der Waals surface area contributed by atoms with Crippen LogP contribution in [0.5, 0.6) is 0 Å². The lowest BCUT2D eigenvalue weighted by Gasteiger charge is -2.28. The Morgan fingerprint density at radius 3 is 1.67 bits per heavy atom. The number of hydrogen-bond acceptors (Lipinski definition) is 0. The Labute approximate surface area is 79.6 Å². The fraction of sp³-hybridized carbons (Fsp3) is 0.714. The zero-order chi connectivity index (χ0) is 12.5. The highest BCUT2D eigenvalue weighted by molar-refractivity contribution is 4.96. The highest BCUT2D eigenvalue weighted by Gasteiger charge is 2.69. The van der Waals surface area contributed by atoms with Gasteiger partial charge in [0.15, 0.2) is 0 Å². The molecule has 0 aromatic carbocycles. The summed E-state index contributed by atoms with van der Waals surface area (Å²) >= 11 is 0. The standard InChI is InChI=1S/C7H6F8/c1-2-3-5(9,10)4(8)6(11,12)7(13,14)15/h2,4H,1,3H2. The molecule has 0 nitrogen and oxygen atoms in total. The first-order valence-electron chi connectivity index (χ1n) is 3.54. The lowest BCUT2D eigenvalue weighted by molar-refractivity contribution is -0.326. The summed E-state index contributed by atoms with van der Waals surface area (Å²) in [5.41, 5.74) is 0. The molecule has 0 rings (SSSR count). The van der Waals surface area contributed by atoms with Crippen molar-refractivity contribution < 1.29 is 35.1 Å². The van der Waals surface area contributed by atoms with E-state index >= 15 is 0 Å². The average Bonchev–Trinajstić information content (AvgIpc) is 2.00. The van der Waals surface area contributed by atoms with Gasteiger partial charge >= 0.3 is 12.1 Å². The van der Waals surface area contributed by atoms with Gasteiger partial charge in [0, 0.05) is 6.42 Å². The van der Waals surface area contributed by atoms with Gasteiger partial charge in [0.25, 0.3) is 5.92 Å². The second kappa shape index (κ2) is 3.97. The largest absolute Gasteiger partial charge is 0.456 e. The Bertz CT molecular complexity index is 228. The third kappa shape index (κ3) is 2.82. The van der Waals surface area contributed by atoms with Gasteiger partial charge < -0.3 is 0 Å². The van der Waals surface area contributed by atoms with Crippen LogP contribution in [0.1, 0.15) is 6.42 Å². The van der Waals surface area contributed by atoms with Gasteiger partial charge in [-0.1, -0.05) is 6.08 Å². The van der Waals surface area contributed by atoms with Crippen LogP contribution in [0.4, 0.5) is 35.1 Å². The van der Waals surface area contributed by atoms with Crippen LogP contribution in [-0.4, -0.2) is 24.2 Å². The average molecular weight is 242 g/mol. The van der Waals surface area contributed by atoms with E-state index in [0.717, 1.165) is 0 Å². The van der Waals surface area contributed by atoms with Crippen LogP contribution < -0.4 is 0 Å². The molecule has 90 valence electrons. The molecule has 1 atom stereocenters. The normalized spacial score (nSPS) is 16.3. The molecule has 0 N–H and O–H groups in total. The number of rotatable bonds is 4. The lowest BCUT2D eigenvalue weighted by Crippen LogP contribution is -2.52. The minimum Gasteiger partial charge on any atom is -0.234 e. The van der Waals surface area contributed by atoms with Crippen LogP contribution in [0, 0.1) is 0 Å². The molecule has 8 heteroatoms. The molecule has 0 saturated heterocycles. The Balaban J connectivity index is 4.99. The quantitative estimate of drug-likeness (QED) is 0.520. The van der Waals surface area contributed by atoms with Crippen molar-refractivity contribution >= 4 is 0 Å². The molecular weight excluding hydrogens is 236 g/mol. The van der Waals surface area contributed by atoms with Crippen molar-refractivity contribution in [3.05, 3.63) is 12.7 Å². The molecule has 0 aliphatic rings. The molecule has 0 radical (unpaired) electrons. The van der Waals surface area contributed by atoms with Crippen LogP contribution in [0.3, 0.4) is 0 Å². The third-order valence-electron chi connectivity index (χ3n) is 1.48. The highest BCUT2D eigenvalue weighted by atomic mass is 19.4. The first-order chi connectivity index (χ1) is 6.47. The summed E-state index contributed by atoms with van der Waals surface area (Å²) in [6.45, 7) is 2.70. The molecule has 0 spiro atoms. The van der Waals surface area contributed by atoms with Crippen LogP contribution in [0.2, 0.25) is 0 Å². The van der Waals surface area contributed by atoms with Gasteiger partial charge in [-0.25, -0.2) is 13.2 Å². The molecule has 0 aliphatic carbocycles. The summed E-state index contributed by atoms with van der Waals surface area (Å²) in [6, 6.07) is 0. The lowest BCUT2D eigenvalue weighted by atomic mass is 10.0. The van der Waals surface area contributed by atoms with Crippen LogP contribution in [0.25, 0.3) is 0 Å². The van der Waals surface area contributed by atoms with E-state index in [1.807, 2.05) is 0 Å². The summed E-state index contributed by atoms with van der Waals surface area (Å²) in [5.74, 6) is -10.9. The molecule has 0 aromatic rings. The fourth-order valence-corrected chi connectivity index (χ4v) is 0.705. The third-order valence-corrected chi connectivity index (χ3v) is 1.48. The predicted octanol–water partition coefficient (Wildman–Crippen LogP) is 3.73. The van der Waals surface area contributed by atoms with Crippen molar-refractivity contribution in [2.24, 2.45) is 0 Å². The highest BCUT2D eigenvalue weighted by Crippen LogP contribution is 2.45. The Kier molecular flexibility index (Phi) is 3.76. The number of alkyl halides is 8. The van der Waals surface area contributed by atoms with Gasteiger partial charge in [-0.05, 0) is 0 Å². The zero-order valence-corrected chi connectivity index (χ0v) is 7.09. The van der Waals surface area contributed by atoms with Gasteiger partial charge in [-0.15, -0.1) is 6.58 Å². The monoisotopic (exact) mass is 242 g/mol. The van der Waals surface area contributed by atoms with Crippen molar-refractivity contribution in [2.45, 2.75) is 30.6 Å². The molecule has 1 unspecified atom stereocenters. The Morgan fingerprint density at radius 1 is 1.00 bits per heavy atom. The maximum Gasteiger partial charge on any atom is 0.456 e. The van der Waals surface area contributed by atoms with Crippen molar-refractivity contribution in [2.75, 3.05) is 0 Å².